The molecule has 0 bridgehead atoms. The molecule has 0 saturated carbocycles. The maximum absolute atomic E-state index is 5.62. The molecule has 0 aliphatic rings. The van der Waals surface area contributed by atoms with Crippen LogP contribution in [0.3, 0.4) is 0 Å². The van der Waals surface area contributed by atoms with Gasteiger partial charge >= 0.3 is 0 Å². The molecule has 0 spiro atoms. The van der Waals surface area contributed by atoms with Gasteiger partial charge in [0.2, 0.25) is 0 Å². The molecule has 0 fully saturated rings. The van der Waals surface area contributed by atoms with E-state index < -0.39 is 0 Å². The molecule has 0 aliphatic heterocycles. The van der Waals surface area contributed by atoms with Crippen molar-refractivity contribution in [2.75, 3.05) is 6.61 Å². The van der Waals surface area contributed by atoms with Crippen molar-refractivity contribution in [3.63, 3.8) is 0 Å². The van der Waals surface area contributed by atoms with Crippen LogP contribution in [0, 0.1) is 0 Å². The Morgan fingerprint density at radius 1 is 1.26 bits per heavy atom. The van der Waals surface area contributed by atoms with Crippen molar-refractivity contribution in [3.8, 4) is 5.75 Å². The molecule has 1 heterocycles. The van der Waals surface area contributed by atoms with Crippen molar-refractivity contribution in [1.82, 2.24) is 5.32 Å². The summed E-state index contributed by atoms with van der Waals surface area (Å²) in [4.78, 5) is 1.35. The van der Waals surface area contributed by atoms with Gasteiger partial charge in [0.25, 0.3) is 0 Å². The third-order valence-corrected chi connectivity index (χ3v) is 3.89. The van der Waals surface area contributed by atoms with E-state index in [9.17, 15) is 0 Å². The average molecular weight is 362 g/mol. The van der Waals surface area contributed by atoms with E-state index in [0.717, 1.165) is 23.3 Å². The van der Waals surface area contributed by atoms with E-state index in [1.165, 1.54) is 10.4 Å². The molecule has 0 atom stereocenters. The fourth-order valence-corrected chi connectivity index (χ4v) is 2.80. The third kappa shape index (κ3) is 5.15. The van der Waals surface area contributed by atoms with E-state index >= 15 is 0 Å². The van der Waals surface area contributed by atoms with Gasteiger partial charge in [-0.15, -0.1) is 11.3 Å². The van der Waals surface area contributed by atoms with Crippen LogP contribution in [0.5, 0.6) is 5.75 Å². The van der Waals surface area contributed by atoms with Crippen LogP contribution in [-0.4, -0.2) is 6.61 Å². The number of hydrogen-bond donors (Lipinski definition) is 1. The number of hydrogen-bond acceptors (Lipinski definition) is 3. The average Bonchev–Trinajstić information content (AvgIpc) is 2.86. The lowest BCUT2D eigenvalue weighted by Gasteiger charge is -2.11. The Labute approximate surface area is 132 Å². The van der Waals surface area contributed by atoms with E-state index in [0.29, 0.717) is 6.61 Å². The van der Waals surface area contributed by atoms with Gasteiger partial charge in [0.1, 0.15) is 5.75 Å². The quantitative estimate of drug-likeness (QED) is 0.835. The topological polar surface area (TPSA) is 21.3 Å². The van der Waals surface area contributed by atoms with Crippen molar-refractivity contribution in [1.29, 1.82) is 0 Å². The first-order valence-electron chi connectivity index (χ1n) is 5.94. The molecular formula is C14H16BrClNOS-. The summed E-state index contributed by atoms with van der Waals surface area (Å²) in [5.74, 6) is 0.958. The van der Waals surface area contributed by atoms with Crippen LogP contribution >= 0.6 is 27.3 Å². The van der Waals surface area contributed by atoms with E-state index in [2.05, 4.69) is 44.8 Å². The highest BCUT2D eigenvalue weighted by atomic mass is 79.9. The standard InChI is InChI=1S/C14H16BrNOS.ClH/c1-2-17-14-6-5-12(15)8-11(14)9-16-10-13-4-3-7-18-13;/h3-8,16H,2,9-10H2,1H3;1H/p-1. The Balaban J connectivity index is 0.00000180. The van der Waals surface area contributed by atoms with Crippen molar-refractivity contribution >= 4 is 27.3 Å². The Morgan fingerprint density at radius 3 is 2.79 bits per heavy atom. The second kappa shape index (κ2) is 8.59. The first-order chi connectivity index (χ1) is 8.79. The molecule has 2 rings (SSSR count). The smallest absolute Gasteiger partial charge is 0.123 e. The van der Waals surface area contributed by atoms with Gasteiger partial charge < -0.3 is 22.5 Å². The zero-order valence-electron chi connectivity index (χ0n) is 10.7. The molecule has 2 aromatic rings. The first kappa shape index (κ1) is 16.5. The van der Waals surface area contributed by atoms with E-state index in [1.807, 2.05) is 19.1 Å². The number of rotatable bonds is 6. The maximum Gasteiger partial charge on any atom is 0.123 e. The zero-order valence-corrected chi connectivity index (χ0v) is 13.8. The lowest BCUT2D eigenvalue weighted by atomic mass is 10.2. The van der Waals surface area contributed by atoms with E-state index in [1.54, 1.807) is 11.3 Å². The van der Waals surface area contributed by atoms with Gasteiger partial charge in [-0.2, -0.15) is 0 Å². The lowest BCUT2D eigenvalue weighted by molar-refractivity contribution is -0.00000402. The van der Waals surface area contributed by atoms with Crippen LogP contribution in [0.4, 0.5) is 0 Å². The zero-order chi connectivity index (χ0) is 12.8. The summed E-state index contributed by atoms with van der Waals surface area (Å²) in [5.41, 5.74) is 1.18. The molecule has 1 N–H and O–H groups in total. The third-order valence-electron chi connectivity index (χ3n) is 2.52. The number of benzene rings is 1. The van der Waals surface area contributed by atoms with Crippen LogP contribution in [0.1, 0.15) is 17.4 Å². The van der Waals surface area contributed by atoms with Gasteiger partial charge in [0.05, 0.1) is 6.61 Å². The van der Waals surface area contributed by atoms with Crippen LogP contribution in [0.15, 0.2) is 40.2 Å². The molecule has 0 radical (unpaired) electrons. The van der Waals surface area contributed by atoms with Crippen molar-refractivity contribution in [3.05, 3.63) is 50.6 Å². The number of nitrogens with one attached hydrogen (secondary N) is 1. The summed E-state index contributed by atoms with van der Waals surface area (Å²) >= 11 is 5.27. The van der Waals surface area contributed by atoms with Crippen molar-refractivity contribution < 1.29 is 17.1 Å². The minimum atomic E-state index is 0. The fraction of sp³-hybridized carbons (Fsp3) is 0.286. The van der Waals surface area contributed by atoms with Crippen LogP contribution in [-0.2, 0) is 13.1 Å². The van der Waals surface area contributed by atoms with Crippen molar-refractivity contribution in [2.45, 2.75) is 20.0 Å². The second-order valence-corrected chi connectivity index (χ2v) is 5.82. The molecular weight excluding hydrogens is 346 g/mol. The lowest BCUT2D eigenvalue weighted by Crippen LogP contribution is -3.00. The normalized spacial score (nSPS) is 10.0. The molecule has 0 saturated heterocycles. The highest BCUT2D eigenvalue weighted by molar-refractivity contribution is 9.10. The summed E-state index contributed by atoms with van der Waals surface area (Å²) in [5, 5.41) is 5.54. The summed E-state index contributed by atoms with van der Waals surface area (Å²) in [6.45, 7) is 4.41. The Morgan fingerprint density at radius 2 is 2.11 bits per heavy atom. The van der Waals surface area contributed by atoms with Gasteiger partial charge in [0.15, 0.2) is 0 Å². The molecule has 0 aliphatic carbocycles. The Kier molecular flexibility index (Phi) is 7.46. The predicted octanol–water partition coefficient (Wildman–Crippen LogP) is 1.20. The van der Waals surface area contributed by atoms with Crippen LogP contribution in [0.2, 0.25) is 0 Å². The van der Waals surface area contributed by atoms with Gasteiger partial charge in [-0.25, -0.2) is 0 Å². The maximum atomic E-state index is 5.62. The minimum absolute atomic E-state index is 0. The van der Waals surface area contributed by atoms with Crippen LogP contribution < -0.4 is 22.5 Å². The van der Waals surface area contributed by atoms with Gasteiger partial charge in [-0.05, 0) is 36.6 Å². The molecule has 1 aromatic heterocycles. The number of thiophene rings is 1. The largest absolute Gasteiger partial charge is 1.00 e. The van der Waals surface area contributed by atoms with Crippen molar-refractivity contribution in [2.24, 2.45) is 0 Å². The van der Waals surface area contributed by atoms with Gasteiger partial charge in [-0.3, -0.25) is 0 Å². The summed E-state index contributed by atoms with van der Waals surface area (Å²) in [6, 6.07) is 10.3. The molecule has 104 valence electrons. The van der Waals surface area contributed by atoms with Crippen LogP contribution in [0.25, 0.3) is 0 Å². The fourth-order valence-electron chi connectivity index (χ4n) is 1.72. The second-order valence-electron chi connectivity index (χ2n) is 3.87. The van der Waals surface area contributed by atoms with E-state index in [-0.39, 0.29) is 12.4 Å². The summed E-state index contributed by atoms with van der Waals surface area (Å²) in [6.07, 6.45) is 0. The molecule has 19 heavy (non-hydrogen) atoms. The number of ether oxygens (including phenoxy) is 1. The van der Waals surface area contributed by atoms with Gasteiger partial charge in [0, 0.05) is 28.0 Å². The first-order valence-corrected chi connectivity index (χ1v) is 7.61. The molecule has 1 aromatic carbocycles. The predicted molar refractivity (Wildman–Crippen MR) is 80.2 cm³/mol. The molecule has 0 amide bonds. The summed E-state index contributed by atoms with van der Waals surface area (Å²) < 4.78 is 6.70. The Hall–Kier alpha value is -0.550. The highest BCUT2D eigenvalue weighted by Gasteiger charge is 2.04. The SMILES string of the molecule is CCOc1ccc(Br)cc1CNCc1cccs1.[Cl-]. The highest BCUT2D eigenvalue weighted by Crippen LogP contribution is 2.23. The summed E-state index contributed by atoms with van der Waals surface area (Å²) in [7, 11) is 0. The molecule has 2 nitrogen and oxygen atoms in total. The molecule has 5 heteroatoms. The van der Waals surface area contributed by atoms with Gasteiger partial charge in [-0.1, -0.05) is 22.0 Å². The number of halogens is 2. The Bertz CT molecular complexity index is 490. The minimum Gasteiger partial charge on any atom is -1.00 e. The monoisotopic (exact) mass is 360 g/mol. The molecule has 0 unspecified atom stereocenters. The van der Waals surface area contributed by atoms with E-state index in [4.69, 9.17) is 4.74 Å².